The molecule has 0 fully saturated rings. The molecule has 0 saturated heterocycles. The first-order valence-electron chi connectivity index (χ1n) is 8.84. The van der Waals surface area contributed by atoms with Crippen molar-refractivity contribution in [3.63, 3.8) is 0 Å². The van der Waals surface area contributed by atoms with Crippen molar-refractivity contribution in [2.24, 2.45) is 0 Å². The normalized spacial score (nSPS) is 13.4. The van der Waals surface area contributed by atoms with Gasteiger partial charge >= 0.3 is 5.69 Å². The van der Waals surface area contributed by atoms with Gasteiger partial charge in [-0.05, 0) is 43.6 Å². The van der Waals surface area contributed by atoms with Gasteiger partial charge in [-0.15, -0.1) is 11.3 Å². The van der Waals surface area contributed by atoms with E-state index in [0.717, 1.165) is 41.8 Å². The van der Waals surface area contributed by atoms with Crippen molar-refractivity contribution in [2.75, 3.05) is 12.4 Å². The second kappa shape index (κ2) is 9.34. The average molecular weight is 394 g/mol. The number of aliphatic hydroxyl groups is 1. The molecular formula is C18H23N3O3S2. The summed E-state index contributed by atoms with van der Waals surface area (Å²) in [6, 6.07) is 3.95. The lowest BCUT2D eigenvalue weighted by Gasteiger charge is -2.22. The number of aromatic nitrogens is 2. The van der Waals surface area contributed by atoms with Crippen molar-refractivity contribution in [3.8, 4) is 0 Å². The predicted molar refractivity (Wildman–Crippen MR) is 104 cm³/mol. The Balaban J connectivity index is 1.68. The second-order valence-electron chi connectivity index (χ2n) is 6.21. The first kappa shape index (κ1) is 19.1. The number of carbonyl (C=O) groups excluding carboxylic acids is 1. The molecule has 2 aromatic rings. The van der Waals surface area contributed by atoms with Crippen molar-refractivity contribution >= 4 is 29.0 Å². The topological polar surface area (TPSA) is 84.2 Å². The number of hydrogen-bond acceptors (Lipinski definition) is 6. The minimum absolute atomic E-state index is 0.0563. The van der Waals surface area contributed by atoms with E-state index in [-0.39, 0.29) is 24.0 Å². The molecule has 0 aliphatic heterocycles. The highest BCUT2D eigenvalue weighted by Crippen LogP contribution is 2.28. The van der Waals surface area contributed by atoms with Crippen molar-refractivity contribution in [3.05, 3.63) is 44.1 Å². The fourth-order valence-electron chi connectivity index (χ4n) is 3.11. The zero-order valence-electron chi connectivity index (χ0n) is 14.6. The first-order valence-corrected chi connectivity index (χ1v) is 10.7. The van der Waals surface area contributed by atoms with Gasteiger partial charge in [-0.1, -0.05) is 17.8 Å². The summed E-state index contributed by atoms with van der Waals surface area (Å²) in [7, 11) is 0. The number of nitrogens with one attached hydrogen (secondary N) is 1. The number of aliphatic hydroxyl groups excluding tert-OH is 1. The van der Waals surface area contributed by atoms with Crippen LogP contribution in [0.3, 0.4) is 0 Å². The summed E-state index contributed by atoms with van der Waals surface area (Å²) < 4.78 is 1.70. The summed E-state index contributed by atoms with van der Waals surface area (Å²) in [5, 5.41) is 14.6. The number of thiophene rings is 1. The molecule has 2 heterocycles. The van der Waals surface area contributed by atoms with Crippen LogP contribution in [0.25, 0.3) is 0 Å². The molecule has 26 heavy (non-hydrogen) atoms. The van der Waals surface area contributed by atoms with E-state index >= 15 is 0 Å². The molecule has 0 bridgehead atoms. The minimum Gasteiger partial charge on any atom is -0.396 e. The van der Waals surface area contributed by atoms with E-state index in [1.807, 2.05) is 17.5 Å². The minimum atomic E-state index is -0.277. The Labute approximate surface area is 160 Å². The molecule has 0 saturated carbocycles. The maximum Gasteiger partial charge on any atom is 0.348 e. The molecule has 0 radical (unpaired) electrons. The summed E-state index contributed by atoms with van der Waals surface area (Å²) in [5.41, 5.74) is 1.86. The largest absolute Gasteiger partial charge is 0.396 e. The molecule has 0 atom stereocenters. The maximum atomic E-state index is 12.4. The van der Waals surface area contributed by atoms with Crippen molar-refractivity contribution in [1.29, 1.82) is 0 Å². The zero-order valence-corrected chi connectivity index (χ0v) is 16.2. The molecule has 2 N–H and O–H groups in total. The summed E-state index contributed by atoms with van der Waals surface area (Å²) >= 11 is 2.96. The van der Waals surface area contributed by atoms with Gasteiger partial charge in [0, 0.05) is 29.3 Å². The van der Waals surface area contributed by atoms with Gasteiger partial charge in [-0.3, -0.25) is 9.36 Å². The number of carbonyl (C=O) groups is 1. The molecule has 6 nitrogen and oxygen atoms in total. The lowest BCUT2D eigenvalue weighted by atomic mass is 9.97. The summed E-state index contributed by atoms with van der Waals surface area (Å²) in [6.45, 7) is 1.09. The van der Waals surface area contributed by atoms with Gasteiger partial charge in [0.15, 0.2) is 0 Å². The number of rotatable bonds is 8. The van der Waals surface area contributed by atoms with Crippen LogP contribution >= 0.6 is 23.1 Å². The monoisotopic (exact) mass is 393 g/mol. The Hall–Kier alpha value is -1.64. The van der Waals surface area contributed by atoms with Gasteiger partial charge in [0.05, 0.1) is 12.3 Å². The molecule has 0 spiro atoms. The van der Waals surface area contributed by atoms with Crippen LogP contribution in [0.4, 0.5) is 0 Å². The Morgan fingerprint density at radius 3 is 3.00 bits per heavy atom. The molecule has 3 rings (SSSR count). The molecule has 8 heteroatoms. The van der Waals surface area contributed by atoms with Crippen molar-refractivity contribution in [1.82, 2.24) is 14.9 Å². The van der Waals surface area contributed by atoms with E-state index in [9.17, 15) is 9.59 Å². The quantitative estimate of drug-likeness (QED) is 0.529. The van der Waals surface area contributed by atoms with Gasteiger partial charge in [-0.2, -0.15) is 4.98 Å². The van der Waals surface area contributed by atoms with Gasteiger partial charge < -0.3 is 10.4 Å². The number of nitrogens with zero attached hydrogens (tertiary/aromatic N) is 2. The average Bonchev–Trinajstić information content (AvgIpc) is 3.17. The third-order valence-electron chi connectivity index (χ3n) is 4.37. The summed E-state index contributed by atoms with van der Waals surface area (Å²) in [6.07, 6.45) is 4.43. The van der Waals surface area contributed by atoms with Crippen LogP contribution < -0.4 is 11.0 Å². The van der Waals surface area contributed by atoms with Crippen LogP contribution in [-0.2, 0) is 30.7 Å². The third-order valence-corrected chi connectivity index (χ3v) is 6.26. The highest BCUT2D eigenvalue weighted by Gasteiger charge is 2.20. The van der Waals surface area contributed by atoms with Gasteiger partial charge in [0.2, 0.25) is 5.91 Å². The van der Waals surface area contributed by atoms with Gasteiger partial charge in [0.1, 0.15) is 5.03 Å². The smallest absolute Gasteiger partial charge is 0.348 e. The maximum absolute atomic E-state index is 12.4. The first-order chi connectivity index (χ1) is 12.7. The highest BCUT2D eigenvalue weighted by molar-refractivity contribution is 7.99. The predicted octanol–water partition coefficient (Wildman–Crippen LogP) is 1.97. The van der Waals surface area contributed by atoms with Crippen LogP contribution in [0.1, 0.15) is 35.4 Å². The fraction of sp³-hybridized carbons (Fsp3) is 0.500. The van der Waals surface area contributed by atoms with E-state index in [1.54, 1.807) is 15.9 Å². The van der Waals surface area contributed by atoms with Crippen LogP contribution in [0.15, 0.2) is 27.3 Å². The highest BCUT2D eigenvalue weighted by atomic mass is 32.2. The number of amides is 1. The van der Waals surface area contributed by atoms with E-state index in [4.69, 9.17) is 5.11 Å². The Bertz CT molecular complexity index is 803. The number of fused-ring (bicyclic) bond motifs is 1. The van der Waals surface area contributed by atoms with Gasteiger partial charge in [-0.25, -0.2) is 4.79 Å². The zero-order chi connectivity index (χ0) is 18.4. The fourth-order valence-corrected chi connectivity index (χ4v) is 4.66. The molecule has 0 aromatic carbocycles. The molecular weight excluding hydrogens is 370 g/mol. The Kier molecular flexibility index (Phi) is 6.87. The van der Waals surface area contributed by atoms with Crippen LogP contribution in [0.2, 0.25) is 0 Å². The van der Waals surface area contributed by atoms with Crippen LogP contribution in [0.5, 0.6) is 0 Å². The molecule has 1 aliphatic carbocycles. The molecule has 0 unspecified atom stereocenters. The van der Waals surface area contributed by atoms with Crippen molar-refractivity contribution < 1.29 is 9.90 Å². The molecule has 1 amide bonds. The van der Waals surface area contributed by atoms with Crippen molar-refractivity contribution in [2.45, 2.75) is 50.2 Å². The van der Waals surface area contributed by atoms with Gasteiger partial charge in [0.25, 0.3) is 0 Å². The lowest BCUT2D eigenvalue weighted by Crippen LogP contribution is -2.31. The molecule has 1 aliphatic rings. The SMILES string of the molecule is O=C(CSc1nc(=O)n(CCCO)c2c1CCCC2)NCc1cccs1. The second-order valence-corrected chi connectivity index (χ2v) is 8.20. The summed E-state index contributed by atoms with van der Waals surface area (Å²) in [5.74, 6) is 0.199. The molecule has 140 valence electrons. The summed E-state index contributed by atoms with van der Waals surface area (Å²) in [4.78, 5) is 29.9. The number of hydrogen-bond donors (Lipinski definition) is 2. The van der Waals surface area contributed by atoms with Crippen LogP contribution in [0, 0.1) is 0 Å². The van der Waals surface area contributed by atoms with Crippen LogP contribution in [-0.4, -0.2) is 32.9 Å². The van der Waals surface area contributed by atoms with E-state index < -0.39 is 0 Å². The number of thioether (sulfide) groups is 1. The third kappa shape index (κ3) is 4.75. The van der Waals surface area contributed by atoms with E-state index in [2.05, 4.69) is 10.3 Å². The van der Waals surface area contributed by atoms with E-state index in [1.165, 1.54) is 11.8 Å². The molecule has 2 aromatic heterocycles. The lowest BCUT2D eigenvalue weighted by molar-refractivity contribution is -0.118. The standard InChI is InChI=1S/C18H23N3O3S2/c22-9-4-8-21-15-7-2-1-6-14(15)17(20-18(21)24)26-12-16(23)19-11-13-5-3-10-25-13/h3,5,10,22H,1-2,4,6-9,11-12H2,(H,19,23). The van der Waals surface area contributed by atoms with E-state index in [0.29, 0.717) is 24.5 Å². The Morgan fingerprint density at radius 2 is 2.23 bits per heavy atom. The Morgan fingerprint density at radius 1 is 1.38 bits per heavy atom.